The van der Waals surface area contributed by atoms with Crippen molar-refractivity contribution in [2.45, 2.75) is 12.8 Å². The lowest BCUT2D eigenvalue weighted by atomic mass is 10.0. The Morgan fingerprint density at radius 3 is 2.62 bits per heavy atom. The van der Waals surface area contributed by atoms with Crippen LogP contribution in [0.5, 0.6) is 0 Å². The van der Waals surface area contributed by atoms with Crippen LogP contribution >= 0.6 is 0 Å². The Morgan fingerprint density at radius 2 is 1.94 bits per heavy atom. The van der Waals surface area contributed by atoms with E-state index in [2.05, 4.69) is 4.98 Å². The molecule has 1 aromatic carbocycles. The Hall–Kier alpha value is -2.10. The highest BCUT2D eigenvalue weighted by Crippen LogP contribution is 2.15. The molecule has 2 aromatic rings. The Bertz CT molecular complexity index is 587. The number of aryl methyl sites for hydroxylation is 1. The number of rotatable bonds is 3. The van der Waals surface area contributed by atoms with Gasteiger partial charge in [-0.25, -0.2) is 0 Å². The molecule has 2 rings (SSSR count). The molecule has 82 valence electrons. The number of aromatic amines is 1. The number of primary amides is 1. The fraction of sp³-hybridized carbons (Fsp3) is 0.167. The summed E-state index contributed by atoms with van der Waals surface area (Å²) in [5.74, 6) is -0.338. The summed E-state index contributed by atoms with van der Waals surface area (Å²) in [6.07, 6.45) is 2.48. The van der Waals surface area contributed by atoms with Gasteiger partial charge in [-0.2, -0.15) is 0 Å². The molecule has 0 unspecified atom stereocenters. The van der Waals surface area contributed by atoms with E-state index in [-0.39, 0.29) is 17.9 Å². The van der Waals surface area contributed by atoms with Crippen LogP contribution in [-0.4, -0.2) is 10.9 Å². The van der Waals surface area contributed by atoms with Gasteiger partial charge in [-0.15, -0.1) is 0 Å². The lowest BCUT2D eigenvalue weighted by Crippen LogP contribution is -2.12. The summed E-state index contributed by atoms with van der Waals surface area (Å²) in [5.41, 5.74) is 5.93. The molecule has 0 fully saturated rings. The lowest BCUT2D eigenvalue weighted by Gasteiger charge is -2.04. The van der Waals surface area contributed by atoms with Crippen molar-refractivity contribution in [1.82, 2.24) is 4.98 Å². The van der Waals surface area contributed by atoms with E-state index in [1.165, 1.54) is 0 Å². The zero-order valence-electron chi connectivity index (χ0n) is 8.69. The molecule has 1 aromatic heterocycles. The van der Waals surface area contributed by atoms with Gasteiger partial charge in [-0.05, 0) is 23.4 Å². The van der Waals surface area contributed by atoms with Crippen molar-refractivity contribution in [2.24, 2.45) is 5.73 Å². The first kappa shape index (κ1) is 10.4. The minimum absolute atomic E-state index is 0.113. The molecule has 0 radical (unpaired) electrons. The number of pyridine rings is 1. The smallest absolute Gasteiger partial charge is 0.255 e. The molecule has 0 saturated heterocycles. The van der Waals surface area contributed by atoms with Crippen molar-refractivity contribution >= 4 is 16.7 Å². The van der Waals surface area contributed by atoms with E-state index in [4.69, 9.17) is 5.73 Å². The van der Waals surface area contributed by atoms with Crippen LogP contribution in [0.25, 0.3) is 10.8 Å². The predicted molar refractivity (Wildman–Crippen MR) is 62.1 cm³/mol. The zero-order valence-corrected chi connectivity index (χ0v) is 8.69. The summed E-state index contributed by atoms with van der Waals surface area (Å²) in [5, 5.41) is 1.52. The van der Waals surface area contributed by atoms with E-state index in [0.29, 0.717) is 11.8 Å². The molecule has 4 nitrogen and oxygen atoms in total. The summed E-state index contributed by atoms with van der Waals surface area (Å²) in [6, 6.07) is 7.33. The fourth-order valence-electron chi connectivity index (χ4n) is 1.73. The van der Waals surface area contributed by atoms with E-state index in [9.17, 15) is 9.59 Å². The molecule has 0 atom stereocenters. The number of carbonyl (C=O) groups excluding carboxylic acids is 1. The number of nitrogens with one attached hydrogen (secondary N) is 1. The van der Waals surface area contributed by atoms with Gasteiger partial charge in [-0.3, -0.25) is 9.59 Å². The summed E-state index contributed by atoms with van der Waals surface area (Å²) in [6.45, 7) is 0. The average molecular weight is 216 g/mol. The third-order valence-corrected chi connectivity index (χ3v) is 2.54. The molecular formula is C12H12N2O2. The molecule has 0 spiro atoms. The number of hydrogen-bond acceptors (Lipinski definition) is 2. The van der Waals surface area contributed by atoms with Gasteiger partial charge in [0, 0.05) is 18.0 Å². The predicted octanol–water partition coefficient (Wildman–Crippen LogP) is 0.946. The van der Waals surface area contributed by atoms with Crippen molar-refractivity contribution in [3.05, 3.63) is 46.4 Å². The Kier molecular flexibility index (Phi) is 2.72. The van der Waals surface area contributed by atoms with Crippen LogP contribution in [0.2, 0.25) is 0 Å². The monoisotopic (exact) mass is 216 g/mol. The molecule has 1 heterocycles. The van der Waals surface area contributed by atoms with Crippen LogP contribution in [0.15, 0.2) is 35.3 Å². The number of amides is 1. The minimum atomic E-state index is -0.338. The molecule has 0 aliphatic heterocycles. The molecule has 3 N–H and O–H groups in total. The van der Waals surface area contributed by atoms with E-state index in [0.717, 1.165) is 10.9 Å². The SMILES string of the molecule is NC(=O)CCc1c[nH]c(=O)c2ccccc12. The van der Waals surface area contributed by atoms with E-state index < -0.39 is 0 Å². The van der Waals surface area contributed by atoms with Gasteiger partial charge in [0.15, 0.2) is 0 Å². The normalized spacial score (nSPS) is 10.5. The molecule has 4 heteroatoms. The second-order valence-corrected chi connectivity index (χ2v) is 3.65. The van der Waals surface area contributed by atoms with Crippen molar-refractivity contribution < 1.29 is 4.79 Å². The number of benzene rings is 1. The van der Waals surface area contributed by atoms with Gasteiger partial charge >= 0.3 is 0 Å². The number of nitrogens with two attached hydrogens (primary N) is 1. The van der Waals surface area contributed by atoms with Crippen LogP contribution in [0, 0.1) is 0 Å². The van der Waals surface area contributed by atoms with Crippen molar-refractivity contribution in [1.29, 1.82) is 0 Å². The lowest BCUT2D eigenvalue weighted by molar-refractivity contribution is -0.117. The molecule has 0 aliphatic carbocycles. The van der Waals surface area contributed by atoms with Gasteiger partial charge in [0.1, 0.15) is 0 Å². The highest BCUT2D eigenvalue weighted by molar-refractivity contribution is 5.85. The van der Waals surface area contributed by atoms with E-state index >= 15 is 0 Å². The first-order valence-corrected chi connectivity index (χ1v) is 5.06. The van der Waals surface area contributed by atoms with Gasteiger partial charge < -0.3 is 10.7 Å². The van der Waals surface area contributed by atoms with Crippen molar-refractivity contribution in [2.75, 3.05) is 0 Å². The maximum Gasteiger partial charge on any atom is 0.255 e. The third-order valence-electron chi connectivity index (χ3n) is 2.54. The van der Waals surface area contributed by atoms with Crippen LogP contribution in [0.3, 0.4) is 0 Å². The number of hydrogen-bond donors (Lipinski definition) is 2. The minimum Gasteiger partial charge on any atom is -0.370 e. The van der Waals surface area contributed by atoms with Crippen LogP contribution in [-0.2, 0) is 11.2 Å². The first-order valence-electron chi connectivity index (χ1n) is 5.06. The molecule has 0 bridgehead atoms. The highest BCUT2D eigenvalue weighted by Gasteiger charge is 2.04. The standard InChI is InChI=1S/C12H12N2O2/c13-11(15)6-5-8-7-14-12(16)10-4-2-1-3-9(8)10/h1-4,7H,5-6H2,(H2,13,15)(H,14,16). The van der Waals surface area contributed by atoms with E-state index in [1.54, 1.807) is 12.3 Å². The third kappa shape index (κ3) is 1.95. The average Bonchev–Trinajstić information content (AvgIpc) is 2.28. The highest BCUT2D eigenvalue weighted by atomic mass is 16.1. The molecule has 1 amide bonds. The maximum atomic E-state index is 11.5. The fourth-order valence-corrected chi connectivity index (χ4v) is 1.73. The van der Waals surface area contributed by atoms with Gasteiger partial charge in [-0.1, -0.05) is 18.2 Å². The molecule has 16 heavy (non-hydrogen) atoms. The van der Waals surface area contributed by atoms with Crippen LogP contribution in [0.1, 0.15) is 12.0 Å². The summed E-state index contributed by atoms with van der Waals surface area (Å²) in [4.78, 5) is 24.9. The molecule has 0 saturated carbocycles. The Balaban J connectivity index is 2.50. The van der Waals surface area contributed by atoms with Crippen LogP contribution < -0.4 is 11.3 Å². The quantitative estimate of drug-likeness (QED) is 0.801. The Morgan fingerprint density at radius 1 is 1.25 bits per heavy atom. The zero-order chi connectivity index (χ0) is 11.5. The topological polar surface area (TPSA) is 76.0 Å². The molecular weight excluding hydrogens is 204 g/mol. The number of H-pyrrole nitrogens is 1. The van der Waals surface area contributed by atoms with E-state index in [1.807, 2.05) is 18.2 Å². The molecule has 0 aliphatic rings. The summed E-state index contributed by atoms with van der Waals surface area (Å²) < 4.78 is 0. The summed E-state index contributed by atoms with van der Waals surface area (Å²) in [7, 11) is 0. The Labute approximate surface area is 92.1 Å². The van der Waals surface area contributed by atoms with Gasteiger partial charge in [0.05, 0.1) is 0 Å². The van der Waals surface area contributed by atoms with Crippen molar-refractivity contribution in [3.8, 4) is 0 Å². The van der Waals surface area contributed by atoms with Crippen LogP contribution in [0.4, 0.5) is 0 Å². The van der Waals surface area contributed by atoms with Gasteiger partial charge in [0.2, 0.25) is 5.91 Å². The maximum absolute atomic E-state index is 11.5. The number of aromatic nitrogens is 1. The second kappa shape index (κ2) is 4.18. The first-order chi connectivity index (χ1) is 7.68. The summed E-state index contributed by atoms with van der Waals surface area (Å²) >= 11 is 0. The number of carbonyl (C=O) groups is 1. The van der Waals surface area contributed by atoms with Gasteiger partial charge in [0.25, 0.3) is 5.56 Å². The van der Waals surface area contributed by atoms with Crippen molar-refractivity contribution in [3.63, 3.8) is 0 Å². The number of fused-ring (bicyclic) bond motifs is 1. The second-order valence-electron chi connectivity index (χ2n) is 3.65. The largest absolute Gasteiger partial charge is 0.370 e.